The third kappa shape index (κ3) is 3.40. The molecular formula is C11H15FN2O3. The summed E-state index contributed by atoms with van der Waals surface area (Å²) in [5.74, 6) is 3.91. The molecule has 5 nitrogen and oxygen atoms in total. The number of nitrogens with one attached hydrogen (secondary N) is 1. The van der Waals surface area contributed by atoms with E-state index in [0.717, 1.165) is 0 Å². The minimum absolute atomic E-state index is 0.00403. The molecule has 94 valence electrons. The van der Waals surface area contributed by atoms with Crippen LogP contribution in [0.1, 0.15) is 5.56 Å². The molecule has 0 radical (unpaired) electrons. The number of ether oxygens (including phenoxy) is 2. The summed E-state index contributed by atoms with van der Waals surface area (Å²) in [6.07, 6.45) is -0.985. The summed E-state index contributed by atoms with van der Waals surface area (Å²) in [5, 5.41) is 0. The van der Waals surface area contributed by atoms with Crippen LogP contribution in [0.2, 0.25) is 0 Å². The third-order valence-corrected chi connectivity index (χ3v) is 2.18. The van der Waals surface area contributed by atoms with Crippen molar-refractivity contribution in [1.82, 2.24) is 5.43 Å². The largest absolute Gasteiger partial charge is 0.475 e. The Morgan fingerprint density at radius 2 is 2.29 bits per heavy atom. The number of carbonyl (C=O) groups is 1. The van der Waals surface area contributed by atoms with Crippen molar-refractivity contribution in [1.29, 1.82) is 0 Å². The second-order valence-electron chi connectivity index (χ2n) is 3.46. The van der Waals surface area contributed by atoms with E-state index in [1.165, 1.54) is 13.2 Å². The summed E-state index contributed by atoms with van der Waals surface area (Å²) >= 11 is 0. The van der Waals surface area contributed by atoms with Crippen LogP contribution < -0.4 is 16.0 Å². The number of aryl methyl sites for hydroxylation is 1. The summed E-state index contributed by atoms with van der Waals surface area (Å²) in [7, 11) is 1.41. The molecule has 0 spiro atoms. The van der Waals surface area contributed by atoms with E-state index >= 15 is 0 Å². The molecule has 3 N–H and O–H groups in total. The molecule has 1 rings (SSSR count). The van der Waals surface area contributed by atoms with Crippen molar-refractivity contribution in [2.24, 2.45) is 5.84 Å². The average molecular weight is 242 g/mol. The zero-order chi connectivity index (χ0) is 12.8. The van der Waals surface area contributed by atoms with Gasteiger partial charge < -0.3 is 9.47 Å². The lowest BCUT2D eigenvalue weighted by Gasteiger charge is -2.17. The second kappa shape index (κ2) is 6.17. The van der Waals surface area contributed by atoms with Gasteiger partial charge in [0, 0.05) is 7.11 Å². The molecule has 0 fully saturated rings. The Hall–Kier alpha value is -1.66. The van der Waals surface area contributed by atoms with Gasteiger partial charge in [-0.2, -0.15) is 0 Å². The number of hydrazine groups is 1. The lowest BCUT2D eigenvalue weighted by molar-refractivity contribution is -0.130. The lowest BCUT2D eigenvalue weighted by Crippen LogP contribution is -2.44. The van der Waals surface area contributed by atoms with Crippen molar-refractivity contribution in [2.75, 3.05) is 13.7 Å². The molecule has 1 aromatic carbocycles. The zero-order valence-corrected chi connectivity index (χ0v) is 9.70. The fourth-order valence-corrected chi connectivity index (χ4v) is 1.27. The normalized spacial score (nSPS) is 12.0. The van der Waals surface area contributed by atoms with E-state index in [1.54, 1.807) is 19.1 Å². The number of nitrogens with two attached hydrogens (primary N) is 1. The van der Waals surface area contributed by atoms with Crippen LogP contribution in [-0.2, 0) is 9.53 Å². The topological polar surface area (TPSA) is 73.6 Å². The number of benzene rings is 1. The molecule has 1 aromatic rings. The molecule has 1 unspecified atom stereocenters. The summed E-state index contributed by atoms with van der Waals surface area (Å²) in [4.78, 5) is 11.3. The van der Waals surface area contributed by atoms with Crippen molar-refractivity contribution in [3.63, 3.8) is 0 Å². The fraction of sp³-hybridized carbons (Fsp3) is 0.364. The molecule has 6 heteroatoms. The van der Waals surface area contributed by atoms with E-state index in [1.807, 2.05) is 5.43 Å². The molecule has 0 saturated heterocycles. The van der Waals surface area contributed by atoms with E-state index in [4.69, 9.17) is 15.3 Å². The van der Waals surface area contributed by atoms with Gasteiger partial charge >= 0.3 is 0 Å². The first-order chi connectivity index (χ1) is 8.10. The maximum atomic E-state index is 13.6. The van der Waals surface area contributed by atoms with E-state index < -0.39 is 17.8 Å². The van der Waals surface area contributed by atoms with Crippen LogP contribution in [0.3, 0.4) is 0 Å². The number of methoxy groups -OCH3 is 1. The number of amides is 1. The van der Waals surface area contributed by atoms with Gasteiger partial charge in [-0.25, -0.2) is 10.2 Å². The van der Waals surface area contributed by atoms with Gasteiger partial charge in [0.25, 0.3) is 5.91 Å². The molecular weight excluding hydrogens is 227 g/mol. The van der Waals surface area contributed by atoms with E-state index in [9.17, 15) is 9.18 Å². The minimum atomic E-state index is -0.985. The van der Waals surface area contributed by atoms with Crippen molar-refractivity contribution < 1.29 is 18.7 Å². The first-order valence-corrected chi connectivity index (χ1v) is 5.01. The molecule has 0 aliphatic heterocycles. The van der Waals surface area contributed by atoms with Crippen molar-refractivity contribution >= 4 is 5.91 Å². The van der Waals surface area contributed by atoms with Gasteiger partial charge in [0.1, 0.15) is 0 Å². The molecule has 0 aliphatic carbocycles. The summed E-state index contributed by atoms with van der Waals surface area (Å²) in [5.41, 5.74) is 2.37. The van der Waals surface area contributed by atoms with E-state index in [0.29, 0.717) is 5.56 Å². The SMILES string of the molecule is COCC(Oc1cccc(C)c1F)C(=O)NN. The van der Waals surface area contributed by atoms with Crippen molar-refractivity contribution in [2.45, 2.75) is 13.0 Å². The summed E-state index contributed by atoms with van der Waals surface area (Å²) in [6.45, 7) is 1.59. The molecule has 1 amide bonds. The van der Waals surface area contributed by atoms with Gasteiger partial charge in [-0.3, -0.25) is 10.2 Å². The van der Waals surface area contributed by atoms with Gasteiger partial charge in [-0.1, -0.05) is 12.1 Å². The molecule has 0 aromatic heterocycles. The van der Waals surface area contributed by atoms with E-state index in [2.05, 4.69) is 0 Å². The van der Waals surface area contributed by atoms with Gasteiger partial charge in [0.2, 0.25) is 6.10 Å². The Morgan fingerprint density at radius 1 is 1.59 bits per heavy atom. The first-order valence-electron chi connectivity index (χ1n) is 5.01. The van der Waals surface area contributed by atoms with Crippen LogP contribution in [0.15, 0.2) is 18.2 Å². The standard InChI is InChI=1S/C11H15FN2O3/c1-7-4-3-5-8(10(7)12)17-9(6-16-2)11(15)14-13/h3-5,9H,6,13H2,1-2H3,(H,14,15). The van der Waals surface area contributed by atoms with Crippen LogP contribution in [0, 0.1) is 12.7 Å². The Labute approximate surface area is 98.7 Å². The highest BCUT2D eigenvalue weighted by atomic mass is 19.1. The monoisotopic (exact) mass is 242 g/mol. The maximum absolute atomic E-state index is 13.6. The number of rotatable bonds is 5. The van der Waals surface area contributed by atoms with Crippen LogP contribution in [0.4, 0.5) is 4.39 Å². The summed E-state index contributed by atoms with van der Waals surface area (Å²) in [6, 6.07) is 4.68. The Kier molecular flexibility index (Phi) is 4.86. The highest BCUT2D eigenvalue weighted by Crippen LogP contribution is 2.20. The van der Waals surface area contributed by atoms with Crippen LogP contribution in [-0.4, -0.2) is 25.7 Å². The molecule has 1 atom stereocenters. The molecule has 0 aliphatic rings. The fourth-order valence-electron chi connectivity index (χ4n) is 1.27. The summed E-state index contributed by atoms with van der Waals surface area (Å²) < 4.78 is 23.7. The zero-order valence-electron chi connectivity index (χ0n) is 9.70. The minimum Gasteiger partial charge on any atom is -0.475 e. The Bertz CT molecular complexity index is 398. The average Bonchev–Trinajstić information content (AvgIpc) is 2.33. The number of hydrogen-bond acceptors (Lipinski definition) is 4. The van der Waals surface area contributed by atoms with Crippen molar-refractivity contribution in [3.8, 4) is 5.75 Å². The number of hydrogen-bond donors (Lipinski definition) is 2. The first kappa shape index (κ1) is 13.4. The van der Waals surface area contributed by atoms with Crippen LogP contribution >= 0.6 is 0 Å². The van der Waals surface area contributed by atoms with Crippen LogP contribution in [0.25, 0.3) is 0 Å². The predicted molar refractivity (Wildman–Crippen MR) is 59.8 cm³/mol. The van der Waals surface area contributed by atoms with Gasteiger partial charge in [0.15, 0.2) is 11.6 Å². The molecule has 17 heavy (non-hydrogen) atoms. The Morgan fingerprint density at radius 3 is 2.88 bits per heavy atom. The van der Waals surface area contributed by atoms with Gasteiger partial charge in [0.05, 0.1) is 6.61 Å². The Balaban J connectivity index is 2.85. The highest BCUT2D eigenvalue weighted by molar-refractivity contribution is 5.80. The lowest BCUT2D eigenvalue weighted by atomic mass is 10.2. The molecule has 0 heterocycles. The smallest absolute Gasteiger partial charge is 0.277 e. The molecule has 0 bridgehead atoms. The van der Waals surface area contributed by atoms with Gasteiger partial charge in [-0.15, -0.1) is 0 Å². The quantitative estimate of drug-likeness (QED) is 0.448. The van der Waals surface area contributed by atoms with Crippen molar-refractivity contribution in [3.05, 3.63) is 29.6 Å². The second-order valence-corrected chi connectivity index (χ2v) is 3.46. The number of halogens is 1. The third-order valence-electron chi connectivity index (χ3n) is 2.18. The van der Waals surface area contributed by atoms with Gasteiger partial charge in [-0.05, 0) is 18.6 Å². The van der Waals surface area contributed by atoms with E-state index in [-0.39, 0.29) is 12.4 Å². The predicted octanol–water partition coefficient (Wildman–Crippen LogP) is 0.518. The highest BCUT2D eigenvalue weighted by Gasteiger charge is 2.21. The number of carbonyl (C=O) groups excluding carboxylic acids is 1. The van der Waals surface area contributed by atoms with Crippen LogP contribution in [0.5, 0.6) is 5.75 Å². The maximum Gasteiger partial charge on any atom is 0.277 e. The molecule has 0 saturated carbocycles.